The molecular formula is C20H23N5O4. The van der Waals surface area contributed by atoms with Gasteiger partial charge in [0.05, 0.1) is 17.4 Å². The molecule has 9 nitrogen and oxygen atoms in total. The number of imide groups is 1. The van der Waals surface area contributed by atoms with Crippen molar-refractivity contribution in [1.82, 2.24) is 25.1 Å². The highest BCUT2D eigenvalue weighted by Gasteiger charge is 2.56. The standard InChI is InChI=1S/C20H23N5O4/c1-3-24(10-15-21-14-7-5-4-6-13(14)17(27)22-15)16(26)11-25-18(28)20(2,12-8-9-12)23-19(25)29/h4-7,12H,3,8-11H2,1-2H3,(H,23,29)(H,21,22,27)/t20-/m0/s1. The number of urea groups is 1. The van der Waals surface area contributed by atoms with Crippen LogP contribution in [0.5, 0.6) is 0 Å². The molecule has 1 saturated carbocycles. The van der Waals surface area contributed by atoms with E-state index in [9.17, 15) is 19.2 Å². The van der Waals surface area contributed by atoms with Gasteiger partial charge in [0, 0.05) is 6.54 Å². The largest absolute Gasteiger partial charge is 0.334 e. The van der Waals surface area contributed by atoms with Crippen LogP contribution in [-0.4, -0.2) is 56.2 Å². The number of likely N-dealkylation sites (N-methyl/N-ethyl adjacent to an activating group) is 1. The second kappa shape index (κ2) is 6.98. The van der Waals surface area contributed by atoms with Crippen LogP contribution in [0.15, 0.2) is 29.1 Å². The summed E-state index contributed by atoms with van der Waals surface area (Å²) < 4.78 is 0. The maximum absolute atomic E-state index is 12.8. The molecule has 0 bridgehead atoms. The summed E-state index contributed by atoms with van der Waals surface area (Å²) in [4.78, 5) is 59.6. The van der Waals surface area contributed by atoms with E-state index >= 15 is 0 Å². The summed E-state index contributed by atoms with van der Waals surface area (Å²) in [6, 6.07) is 6.43. The third-order valence-corrected chi connectivity index (χ3v) is 5.73. The quantitative estimate of drug-likeness (QED) is 0.706. The molecule has 2 N–H and O–H groups in total. The number of fused-ring (bicyclic) bond motifs is 1. The van der Waals surface area contributed by atoms with E-state index in [2.05, 4.69) is 15.3 Å². The van der Waals surface area contributed by atoms with Gasteiger partial charge in [-0.25, -0.2) is 9.78 Å². The third-order valence-electron chi connectivity index (χ3n) is 5.73. The van der Waals surface area contributed by atoms with Crippen molar-refractivity contribution in [2.75, 3.05) is 13.1 Å². The van der Waals surface area contributed by atoms with E-state index in [1.807, 2.05) is 0 Å². The Bertz CT molecular complexity index is 1060. The Hall–Kier alpha value is -3.23. The minimum Gasteiger partial charge on any atom is -0.334 e. The lowest BCUT2D eigenvalue weighted by atomic mass is 9.96. The summed E-state index contributed by atoms with van der Waals surface area (Å²) in [7, 11) is 0. The van der Waals surface area contributed by atoms with Crippen LogP contribution in [0.2, 0.25) is 0 Å². The Labute approximate surface area is 167 Å². The van der Waals surface area contributed by atoms with Crippen molar-refractivity contribution >= 4 is 28.7 Å². The molecule has 1 atom stereocenters. The minimum absolute atomic E-state index is 0.0823. The average molecular weight is 397 g/mol. The van der Waals surface area contributed by atoms with Crippen LogP contribution in [-0.2, 0) is 16.1 Å². The Morgan fingerprint density at radius 1 is 1.28 bits per heavy atom. The van der Waals surface area contributed by atoms with Gasteiger partial charge in [-0.2, -0.15) is 0 Å². The van der Waals surface area contributed by atoms with Crippen LogP contribution in [0.4, 0.5) is 4.79 Å². The summed E-state index contributed by atoms with van der Waals surface area (Å²) in [6.45, 7) is 3.60. The fourth-order valence-corrected chi connectivity index (χ4v) is 3.80. The zero-order chi connectivity index (χ0) is 20.8. The molecule has 1 saturated heterocycles. The maximum Gasteiger partial charge on any atom is 0.325 e. The minimum atomic E-state index is -0.917. The molecule has 2 heterocycles. The summed E-state index contributed by atoms with van der Waals surface area (Å²) in [6.07, 6.45) is 1.79. The number of nitrogens with zero attached hydrogens (tertiary/aromatic N) is 3. The summed E-state index contributed by atoms with van der Waals surface area (Å²) in [5.41, 5.74) is -0.646. The van der Waals surface area contributed by atoms with Gasteiger partial charge in [-0.1, -0.05) is 12.1 Å². The zero-order valence-corrected chi connectivity index (χ0v) is 16.4. The van der Waals surface area contributed by atoms with Crippen molar-refractivity contribution in [3.8, 4) is 0 Å². The Morgan fingerprint density at radius 3 is 2.69 bits per heavy atom. The number of benzene rings is 1. The first-order valence-corrected chi connectivity index (χ1v) is 9.73. The predicted octanol–water partition coefficient (Wildman–Crippen LogP) is 0.992. The molecule has 1 aromatic heterocycles. The van der Waals surface area contributed by atoms with Gasteiger partial charge >= 0.3 is 6.03 Å². The van der Waals surface area contributed by atoms with Gasteiger partial charge in [0.15, 0.2) is 0 Å². The Balaban J connectivity index is 1.50. The number of para-hydroxylation sites is 1. The molecule has 9 heteroatoms. The number of carbonyl (C=O) groups is 3. The lowest BCUT2D eigenvalue weighted by molar-refractivity contribution is -0.139. The van der Waals surface area contributed by atoms with Gasteiger partial charge in [-0.3, -0.25) is 19.3 Å². The van der Waals surface area contributed by atoms with Gasteiger partial charge in [0.1, 0.15) is 17.9 Å². The van der Waals surface area contributed by atoms with Crippen LogP contribution >= 0.6 is 0 Å². The zero-order valence-electron chi connectivity index (χ0n) is 16.4. The molecule has 4 amide bonds. The molecule has 0 spiro atoms. The van der Waals surface area contributed by atoms with Crippen molar-refractivity contribution < 1.29 is 14.4 Å². The lowest BCUT2D eigenvalue weighted by Gasteiger charge is -2.24. The van der Waals surface area contributed by atoms with E-state index in [1.54, 1.807) is 38.1 Å². The number of carbonyl (C=O) groups excluding carboxylic acids is 3. The number of hydrogen-bond donors (Lipinski definition) is 2. The molecule has 1 aliphatic heterocycles. The first-order chi connectivity index (χ1) is 13.8. The van der Waals surface area contributed by atoms with Crippen LogP contribution in [0.25, 0.3) is 10.9 Å². The molecule has 1 aromatic carbocycles. The molecular weight excluding hydrogens is 374 g/mol. The molecule has 2 aliphatic rings. The van der Waals surface area contributed by atoms with Crippen molar-refractivity contribution in [3.63, 3.8) is 0 Å². The van der Waals surface area contributed by atoms with Crippen molar-refractivity contribution in [2.24, 2.45) is 5.92 Å². The molecule has 0 radical (unpaired) electrons. The van der Waals surface area contributed by atoms with E-state index < -0.39 is 11.6 Å². The number of aromatic amines is 1. The number of nitrogens with one attached hydrogen (secondary N) is 2. The second-order valence-corrected chi connectivity index (χ2v) is 7.74. The highest BCUT2D eigenvalue weighted by Crippen LogP contribution is 2.42. The molecule has 0 unspecified atom stereocenters. The number of aromatic nitrogens is 2. The van der Waals surface area contributed by atoms with Gasteiger partial charge in [0.25, 0.3) is 11.5 Å². The third kappa shape index (κ3) is 3.37. The number of hydrogen-bond acceptors (Lipinski definition) is 5. The fraction of sp³-hybridized carbons (Fsp3) is 0.450. The molecule has 152 valence electrons. The summed E-state index contributed by atoms with van der Waals surface area (Å²) in [5, 5.41) is 3.21. The number of H-pyrrole nitrogens is 1. The van der Waals surface area contributed by atoms with Crippen molar-refractivity contribution in [3.05, 3.63) is 40.4 Å². The molecule has 29 heavy (non-hydrogen) atoms. The van der Waals surface area contributed by atoms with Crippen LogP contribution in [0.1, 0.15) is 32.5 Å². The normalized spacial score (nSPS) is 21.5. The smallest absolute Gasteiger partial charge is 0.325 e. The van der Waals surface area contributed by atoms with Crippen LogP contribution in [0.3, 0.4) is 0 Å². The van der Waals surface area contributed by atoms with E-state index in [0.717, 1.165) is 17.7 Å². The van der Waals surface area contributed by atoms with E-state index in [1.165, 1.54) is 4.90 Å². The van der Waals surface area contributed by atoms with Gasteiger partial charge in [0.2, 0.25) is 5.91 Å². The highest BCUT2D eigenvalue weighted by molar-refractivity contribution is 6.09. The first-order valence-electron chi connectivity index (χ1n) is 9.73. The SMILES string of the molecule is CCN(Cc1nc2ccccc2c(=O)[nH]1)C(=O)CN1C(=O)N[C@@](C)(C2CC2)C1=O. The number of amides is 4. The van der Waals surface area contributed by atoms with E-state index in [4.69, 9.17) is 0 Å². The second-order valence-electron chi connectivity index (χ2n) is 7.74. The van der Waals surface area contributed by atoms with E-state index in [-0.39, 0.29) is 36.4 Å². The van der Waals surface area contributed by atoms with E-state index in [0.29, 0.717) is 23.3 Å². The molecule has 2 fully saturated rings. The van der Waals surface area contributed by atoms with Crippen molar-refractivity contribution in [1.29, 1.82) is 0 Å². The predicted molar refractivity (Wildman–Crippen MR) is 105 cm³/mol. The maximum atomic E-state index is 12.8. The molecule has 2 aromatic rings. The Kier molecular flexibility index (Phi) is 4.60. The van der Waals surface area contributed by atoms with Crippen LogP contribution < -0.4 is 10.9 Å². The topological polar surface area (TPSA) is 115 Å². The Morgan fingerprint density at radius 2 is 2.00 bits per heavy atom. The van der Waals surface area contributed by atoms with Crippen LogP contribution in [0, 0.1) is 5.92 Å². The van der Waals surface area contributed by atoms with Gasteiger partial charge in [-0.05, 0) is 44.7 Å². The average Bonchev–Trinajstić information content (AvgIpc) is 3.52. The molecule has 1 aliphatic carbocycles. The molecule has 4 rings (SSSR count). The summed E-state index contributed by atoms with van der Waals surface area (Å²) >= 11 is 0. The monoisotopic (exact) mass is 397 g/mol. The van der Waals surface area contributed by atoms with Crippen molar-refractivity contribution in [2.45, 2.75) is 38.8 Å². The first kappa shape index (κ1) is 19.1. The van der Waals surface area contributed by atoms with Gasteiger partial charge < -0.3 is 15.2 Å². The highest BCUT2D eigenvalue weighted by atomic mass is 16.2. The summed E-state index contributed by atoms with van der Waals surface area (Å²) in [5.74, 6) is -0.254. The fourth-order valence-electron chi connectivity index (χ4n) is 3.80. The lowest BCUT2D eigenvalue weighted by Crippen LogP contribution is -2.47. The van der Waals surface area contributed by atoms with Gasteiger partial charge in [-0.15, -0.1) is 0 Å². The number of rotatable bonds is 6.